The molecule has 0 radical (unpaired) electrons. The third kappa shape index (κ3) is 32.3. The van der Waals surface area contributed by atoms with Crippen molar-refractivity contribution in [2.45, 2.75) is 177 Å². The van der Waals surface area contributed by atoms with Crippen molar-refractivity contribution >= 4 is 162 Å². The van der Waals surface area contributed by atoms with Crippen molar-refractivity contribution in [3.8, 4) is 0 Å². The highest BCUT2D eigenvalue weighted by Crippen LogP contribution is 2.20. The summed E-state index contributed by atoms with van der Waals surface area (Å²) in [7, 11) is 0. The normalized spacial score (nSPS) is 14.8. The van der Waals surface area contributed by atoms with Gasteiger partial charge in [0, 0.05) is 65.9 Å². The summed E-state index contributed by atoms with van der Waals surface area (Å²) in [6.45, 7) is 5.67. The second kappa shape index (κ2) is 47.3. The van der Waals surface area contributed by atoms with Crippen LogP contribution in [0.25, 0.3) is 10.9 Å². The molecule has 580 valence electrons. The number of carbonyl (C=O) groups excluding carboxylic acids is 14. The molecule has 38 nitrogen and oxygen atoms in total. The van der Waals surface area contributed by atoms with Gasteiger partial charge in [-0.25, -0.2) is 4.79 Å². The van der Waals surface area contributed by atoms with Gasteiger partial charge in [0.15, 0.2) is 5.96 Å². The number of nitrogens with zero attached hydrogens (tertiary/aromatic N) is 1. The van der Waals surface area contributed by atoms with E-state index >= 15 is 0 Å². The summed E-state index contributed by atoms with van der Waals surface area (Å²) in [5, 5.41) is 49.2. The van der Waals surface area contributed by atoms with E-state index in [-0.39, 0.29) is 87.7 Å². The van der Waals surface area contributed by atoms with E-state index in [1.165, 1.54) is 6.92 Å². The highest BCUT2D eigenvalue weighted by Gasteiger charge is 2.38. The van der Waals surface area contributed by atoms with E-state index in [1.54, 1.807) is 51.2 Å². The van der Waals surface area contributed by atoms with Crippen molar-refractivity contribution in [2.75, 3.05) is 42.6 Å². The Morgan fingerprint density at radius 2 is 0.942 bits per heavy atom. The van der Waals surface area contributed by atoms with Crippen molar-refractivity contribution in [2.24, 2.45) is 51.2 Å². The Morgan fingerprint density at radius 1 is 0.500 bits per heavy atom. The molecule has 14 amide bonds. The van der Waals surface area contributed by atoms with E-state index in [4.69, 9.17) is 34.4 Å². The van der Waals surface area contributed by atoms with Crippen molar-refractivity contribution < 1.29 is 86.9 Å². The first-order valence-corrected chi connectivity index (χ1v) is 35.7. The topological polar surface area (TPSA) is 642 Å². The summed E-state index contributed by atoms with van der Waals surface area (Å²) in [6, 6.07) is -11.3. The maximum Gasteiger partial charge on any atom is 0.326 e. The summed E-state index contributed by atoms with van der Waals surface area (Å²) >= 11 is 16.8. The lowest BCUT2D eigenvalue weighted by Crippen LogP contribution is -2.62. The Labute approximate surface area is 621 Å². The third-order valence-corrected chi connectivity index (χ3v) is 17.4. The molecule has 0 spiro atoms. The number of H-pyrrole nitrogens is 1. The fraction of sp³-hybridized carbons (Fsp3) is 0.597. The van der Waals surface area contributed by atoms with Crippen LogP contribution < -0.4 is 98.2 Å². The number of carboxylic acids is 2. The smallest absolute Gasteiger partial charge is 0.326 e. The summed E-state index contributed by atoms with van der Waals surface area (Å²) in [5.74, 6) is -19.7. The number of hydrogen-bond donors (Lipinski definition) is 25. The Hall–Kier alpha value is -9.13. The van der Waals surface area contributed by atoms with Gasteiger partial charge >= 0.3 is 11.9 Å². The zero-order valence-electron chi connectivity index (χ0n) is 58.0. The number of aliphatic carboxylic acids is 2. The Kier molecular flexibility index (Phi) is 41.3. The highest BCUT2D eigenvalue weighted by molar-refractivity contribution is 7.80. The second-order valence-corrected chi connectivity index (χ2v) is 26.0. The van der Waals surface area contributed by atoms with Gasteiger partial charge < -0.3 is 113 Å². The molecule has 1 aromatic carbocycles. The molecular formula is C62H100N20O18S4. The number of thiol groups is 4. The van der Waals surface area contributed by atoms with Gasteiger partial charge in [0.1, 0.15) is 66.5 Å². The van der Waals surface area contributed by atoms with Crippen LogP contribution in [0.2, 0.25) is 0 Å². The van der Waals surface area contributed by atoms with E-state index in [9.17, 15) is 86.9 Å². The van der Waals surface area contributed by atoms with Crippen LogP contribution in [-0.2, 0) is 83.1 Å². The number of unbranched alkanes of at least 4 members (excludes halogenated alkanes) is 1. The molecule has 0 aliphatic carbocycles. The summed E-state index contributed by atoms with van der Waals surface area (Å²) in [5.41, 5.74) is 34.5. The zero-order chi connectivity index (χ0) is 78.5. The molecule has 0 aliphatic heterocycles. The number of amides is 14. The van der Waals surface area contributed by atoms with Gasteiger partial charge in [-0.3, -0.25) is 76.9 Å². The number of aromatic amines is 1. The minimum atomic E-state index is -1.94. The highest BCUT2D eigenvalue weighted by atomic mass is 32.1. The first kappa shape index (κ1) is 91.0. The molecule has 42 heteroatoms. The van der Waals surface area contributed by atoms with Gasteiger partial charge in [-0.15, -0.1) is 0 Å². The monoisotopic (exact) mass is 1540 g/mol. The van der Waals surface area contributed by atoms with Crippen LogP contribution in [0.5, 0.6) is 0 Å². The largest absolute Gasteiger partial charge is 0.481 e. The molecule has 13 atom stereocenters. The predicted molar refractivity (Wildman–Crippen MR) is 393 cm³/mol. The Bertz CT molecular complexity index is 3350. The number of nitrogens with one attached hydrogen (secondary N) is 13. The molecule has 104 heavy (non-hydrogen) atoms. The molecule has 1 heterocycles. The molecule has 0 saturated carbocycles. The summed E-state index contributed by atoms with van der Waals surface area (Å²) in [6.07, 6.45) is -0.966. The van der Waals surface area contributed by atoms with Crippen molar-refractivity contribution in [3.63, 3.8) is 0 Å². The van der Waals surface area contributed by atoms with Crippen LogP contribution in [0.15, 0.2) is 35.5 Å². The van der Waals surface area contributed by atoms with Crippen molar-refractivity contribution in [1.82, 2.24) is 68.8 Å². The molecule has 0 aliphatic rings. The number of nitrogens with two attached hydrogens (primary N) is 6. The number of para-hydroxylation sites is 1. The van der Waals surface area contributed by atoms with Gasteiger partial charge in [-0.1, -0.05) is 52.3 Å². The molecule has 2 rings (SSSR count). The number of aromatic nitrogens is 1. The lowest BCUT2D eigenvalue weighted by Gasteiger charge is -2.29. The lowest BCUT2D eigenvalue weighted by atomic mass is 9.96. The van der Waals surface area contributed by atoms with E-state index in [2.05, 4.69) is 124 Å². The van der Waals surface area contributed by atoms with Gasteiger partial charge in [0.05, 0.1) is 19.0 Å². The van der Waals surface area contributed by atoms with Crippen molar-refractivity contribution in [3.05, 3.63) is 36.0 Å². The number of rotatable bonds is 50. The molecule has 0 fully saturated rings. The molecular weight excluding hydrogens is 1440 g/mol. The standard InChI is InChI=1S/C62H100N20O18S4/c1-5-30(4)49(60(98)75-36(14-10-20-69-62(67)68)52(90)77-41(26-102)57(95)80-43(28-104)59(97)81-48(29(2)3)61(99)100)82-55(93)39(22-45(66)84)76-53(91)37(16-18-47(86)87)74-51(89)35(13-8-9-19-63)73-56(94)40(25-101)79-58(96)42(27-103)78-54(92)38(21-31-23-70-34-12-7-6-11-32(31)34)72-46(85)24-71-50(88)33(64)15-17-44(65)83/h6-7,11-12,23,29-30,33,35-43,48-49,70,101-104H,5,8-10,13-22,24-28,63-64H2,1-4H3,(H2,65,83)(H2,66,84)(H,71,88)(H,72,85)(H,73,94)(H,74,89)(H,75,98)(H,76,91)(H,77,90)(H,78,92)(H,79,96)(H,80,95)(H,81,97)(H,82,93)(H,86,87)(H,99,100)(H4,67,68,69)/t30-,33-,35-,36-,37-,38-,39-,40-,41-,42-,43-,48-,49-/m0/s1. The van der Waals surface area contributed by atoms with Gasteiger partial charge in [0.2, 0.25) is 82.7 Å². The zero-order valence-corrected chi connectivity index (χ0v) is 61.6. The van der Waals surface area contributed by atoms with E-state index in [0.717, 1.165) is 0 Å². The van der Waals surface area contributed by atoms with Crippen LogP contribution in [0.4, 0.5) is 0 Å². The number of aliphatic imine (C=N–C) groups is 1. The third-order valence-electron chi connectivity index (χ3n) is 16.0. The van der Waals surface area contributed by atoms with Crippen LogP contribution in [0, 0.1) is 11.8 Å². The molecule has 1 aromatic heterocycles. The van der Waals surface area contributed by atoms with Crippen molar-refractivity contribution in [1.29, 1.82) is 0 Å². The number of fused-ring (bicyclic) bond motifs is 1. The van der Waals surface area contributed by atoms with Crippen LogP contribution >= 0.6 is 50.5 Å². The maximum atomic E-state index is 14.4. The number of carbonyl (C=O) groups is 16. The number of benzene rings is 1. The molecule has 0 saturated heterocycles. The maximum absolute atomic E-state index is 14.4. The Balaban J connectivity index is 2.44. The van der Waals surface area contributed by atoms with Gasteiger partial charge in [0.25, 0.3) is 0 Å². The summed E-state index contributed by atoms with van der Waals surface area (Å²) < 4.78 is 0. The number of guanidine groups is 1. The van der Waals surface area contributed by atoms with E-state index < -0.39 is 211 Å². The Morgan fingerprint density at radius 3 is 1.40 bits per heavy atom. The number of carboxylic acid groups (broad SMARTS) is 2. The SMILES string of the molecule is CC[C@H](C)[C@H](NC(=O)[C@H](CC(N)=O)NC(=O)[C@H](CCC(=O)O)NC(=O)[C@H](CCCCN)NC(=O)[C@H](CS)NC(=O)[C@H](CS)NC(=O)[C@H](Cc1c[nH]c2ccccc12)NC(=O)CNC(=O)[C@@H](N)CCC(N)=O)C(=O)N[C@@H](CCCN=C(N)N)C(=O)N[C@@H](CS)C(=O)N[C@@H](CS)C(=O)N[C@H](C(=O)O)C(C)C. The number of hydrogen-bond acceptors (Lipinski definition) is 23. The lowest BCUT2D eigenvalue weighted by molar-refractivity contribution is -0.143. The van der Waals surface area contributed by atoms with Gasteiger partial charge in [-0.05, 0) is 75.0 Å². The molecule has 2 aromatic rings. The van der Waals surface area contributed by atoms with Gasteiger partial charge in [-0.2, -0.15) is 50.5 Å². The fourth-order valence-electron chi connectivity index (χ4n) is 9.85. The first-order valence-electron chi connectivity index (χ1n) is 33.2. The van der Waals surface area contributed by atoms with E-state index in [1.807, 2.05) is 0 Å². The summed E-state index contributed by atoms with van der Waals surface area (Å²) in [4.78, 5) is 221. The average molecular weight is 1540 g/mol. The second-order valence-electron chi connectivity index (χ2n) is 24.5. The molecule has 0 bridgehead atoms. The average Bonchev–Trinajstić information content (AvgIpc) is 1.77. The van der Waals surface area contributed by atoms with Crippen LogP contribution in [0.1, 0.15) is 104 Å². The quantitative estimate of drug-likeness (QED) is 0.0127. The van der Waals surface area contributed by atoms with Crippen LogP contribution in [0.3, 0.4) is 0 Å². The van der Waals surface area contributed by atoms with E-state index in [0.29, 0.717) is 22.9 Å². The molecule has 0 unspecified atom stereocenters. The minimum absolute atomic E-state index is 0.0357. The minimum Gasteiger partial charge on any atom is -0.481 e. The fourth-order valence-corrected chi connectivity index (χ4v) is 10.9. The number of primary amides is 2. The molecule has 27 N–H and O–H groups in total. The van der Waals surface area contributed by atoms with Crippen LogP contribution in [-0.4, -0.2) is 231 Å². The predicted octanol–water partition coefficient (Wildman–Crippen LogP) is -6.82. The first-order chi connectivity index (χ1) is 49.1.